The first-order valence-corrected chi connectivity index (χ1v) is 5.72. The fourth-order valence-electron chi connectivity index (χ4n) is 1.62. The van der Waals surface area contributed by atoms with Gasteiger partial charge in [0.2, 0.25) is 0 Å². The highest BCUT2D eigenvalue weighted by atomic mass is 32.1. The van der Waals surface area contributed by atoms with Crippen LogP contribution in [0.15, 0.2) is 18.5 Å². The minimum atomic E-state index is 0.366. The molecule has 0 saturated heterocycles. The molecule has 86 valence electrons. The summed E-state index contributed by atoms with van der Waals surface area (Å²) in [5.41, 5.74) is 0. The van der Waals surface area contributed by atoms with E-state index in [1.807, 2.05) is 21.5 Å². The number of H-pyrrole nitrogens is 1. The molecule has 0 radical (unpaired) electrons. The Hall–Kier alpha value is -1.43. The molecule has 1 N–H and O–H groups in total. The van der Waals surface area contributed by atoms with Crippen LogP contribution < -0.4 is 0 Å². The van der Waals surface area contributed by atoms with E-state index in [9.17, 15) is 0 Å². The predicted octanol–water partition coefficient (Wildman–Crippen LogP) is 1.96. The van der Waals surface area contributed by atoms with Gasteiger partial charge in [0.15, 0.2) is 4.77 Å². The quantitative estimate of drug-likeness (QED) is 0.827. The molecule has 2 aromatic rings. The van der Waals surface area contributed by atoms with Gasteiger partial charge in [-0.25, -0.2) is 0 Å². The molecule has 0 bridgehead atoms. The summed E-state index contributed by atoms with van der Waals surface area (Å²) in [7, 11) is 0. The van der Waals surface area contributed by atoms with Crippen molar-refractivity contribution in [3.05, 3.63) is 29.1 Å². The highest BCUT2D eigenvalue weighted by Crippen LogP contribution is 2.11. The second-order valence-corrected chi connectivity index (χ2v) is 4.35. The van der Waals surface area contributed by atoms with Crippen LogP contribution in [0.3, 0.4) is 0 Å². The number of nitrogens with one attached hydrogen (secondary N) is 1. The van der Waals surface area contributed by atoms with E-state index in [2.05, 4.69) is 29.1 Å². The molecule has 0 aliphatic carbocycles. The summed E-state index contributed by atoms with van der Waals surface area (Å²) in [4.78, 5) is 0. The Morgan fingerprint density at radius 3 is 2.88 bits per heavy atom. The average molecular weight is 237 g/mol. The maximum atomic E-state index is 5.20. The van der Waals surface area contributed by atoms with Gasteiger partial charge in [-0.15, -0.1) is 0 Å². The van der Waals surface area contributed by atoms with Gasteiger partial charge in [0, 0.05) is 24.9 Å². The van der Waals surface area contributed by atoms with Crippen LogP contribution in [0.4, 0.5) is 0 Å². The number of aromatic amines is 1. The Morgan fingerprint density at radius 1 is 1.44 bits per heavy atom. The summed E-state index contributed by atoms with van der Waals surface area (Å²) < 4.78 is 4.59. The van der Waals surface area contributed by atoms with Crippen molar-refractivity contribution in [2.45, 2.75) is 32.9 Å². The van der Waals surface area contributed by atoms with Gasteiger partial charge < -0.3 is 4.57 Å². The molecule has 0 amide bonds. The Morgan fingerprint density at radius 2 is 2.25 bits per heavy atom. The molecule has 5 nitrogen and oxygen atoms in total. The maximum Gasteiger partial charge on any atom is 0.195 e. The van der Waals surface area contributed by atoms with Crippen LogP contribution in [-0.2, 0) is 13.1 Å². The topological polar surface area (TPSA) is 51.4 Å². The standard InChI is InChI=1S/C10H15N5S/c1-8(2)9-12-13-10(16)15(9)7-6-14-5-3-4-11-14/h3-5,8H,6-7H2,1-2H3,(H,13,16). The van der Waals surface area contributed by atoms with Crippen molar-refractivity contribution in [1.29, 1.82) is 0 Å². The third-order valence-corrected chi connectivity index (χ3v) is 2.73. The fourth-order valence-corrected chi connectivity index (χ4v) is 1.85. The molecule has 2 heterocycles. The Labute approximate surface area is 99.1 Å². The number of nitrogens with zero attached hydrogens (tertiary/aromatic N) is 4. The molecule has 0 fully saturated rings. The highest BCUT2D eigenvalue weighted by molar-refractivity contribution is 7.71. The third-order valence-electron chi connectivity index (χ3n) is 2.42. The number of hydrogen-bond donors (Lipinski definition) is 1. The zero-order valence-electron chi connectivity index (χ0n) is 9.42. The lowest BCUT2D eigenvalue weighted by Gasteiger charge is -2.08. The molecule has 6 heteroatoms. The first-order valence-electron chi connectivity index (χ1n) is 5.31. The van der Waals surface area contributed by atoms with Crippen molar-refractivity contribution in [1.82, 2.24) is 24.5 Å². The SMILES string of the molecule is CC(C)c1n[nH]c(=S)n1CCn1cccn1. The summed E-state index contributed by atoms with van der Waals surface area (Å²) >= 11 is 5.20. The van der Waals surface area contributed by atoms with Crippen molar-refractivity contribution >= 4 is 12.2 Å². The molecule has 16 heavy (non-hydrogen) atoms. The van der Waals surface area contributed by atoms with Gasteiger partial charge in [0.1, 0.15) is 5.82 Å². The second-order valence-electron chi connectivity index (χ2n) is 3.96. The van der Waals surface area contributed by atoms with Crippen LogP contribution in [0.1, 0.15) is 25.6 Å². The summed E-state index contributed by atoms with van der Waals surface area (Å²) in [5, 5.41) is 11.2. The largest absolute Gasteiger partial charge is 0.302 e. The van der Waals surface area contributed by atoms with Crippen molar-refractivity contribution in [2.75, 3.05) is 0 Å². The zero-order valence-corrected chi connectivity index (χ0v) is 10.2. The molecule has 0 aromatic carbocycles. The lowest BCUT2D eigenvalue weighted by atomic mass is 10.2. The van der Waals surface area contributed by atoms with Crippen molar-refractivity contribution in [3.63, 3.8) is 0 Å². The minimum Gasteiger partial charge on any atom is -0.302 e. The first-order chi connectivity index (χ1) is 7.68. The van der Waals surface area contributed by atoms with Crippen molar-refractivity contribution in [2.24, 2.45) is 0 Å². The molecule has 2 rings (SSSR count). The number of aryl methyl sites for hydroxylation is 1. The van der Waals surface area contributed by atoms with E-state index in [1.165, 1.54) is 0 Å². The Balaban J connectivity index is 2.14. The van der Waals surface area contributed by atoms with Gasteiger partial charge in [0.25, 0.3) is 0 Å². The predicted molar refractivity (Wildman–Crippen MR) is 63.7 cm³/mol. The van der Waals surface area contributed by atoms with Crippen LogP contribution >= 0.6 is 12.2 Å². The summed E-state index contributed by atoms with van der Waals surface area (Å²) in [6, 6.07) is 1.91. The molecule has 0 saturated carbocycles. The molecule has 0 aliphatic rings. The molecule has 0 unspecified atom stereocenters. The van der Waals surface area contributed by atoms with E-state index >= 15 is 0 Å². The zero-order chi connectivity index (χ0) is 11.5. The minimum absolute atomic E-state index is 0.366. The monoisotopic (exact) mass is 237 g/mol. The van der Waals surface area contributed by atoms with E-state index in [0.29, 0.717) is 10.7 Å². The smallest absolute Gasteiger partial charge is 0.195 e. The molecule has 2 aromatic heterocycles. The van der Waals surface area contributed by atoms with E-state index in [1.54, 1.807) is 6.20 Å². The van der Waals surface area contributed by atoms with Crippen LogP contribution in [-0.4, -0.2) is 24.5 Å². The maximum absolute atomic E-state index is 5.20. The molecular formula is C10H15N5S. The third kappa shape index (κ3) is 2.21. The lowest BCUT2D eigenvalue weighted by Crippen LogP contribution is -2.11. The molecule has 0 aliphatic heterocycles. The molecule has 0 atom stereocenters. The van der Waals surface area contributed by atoms with Crippen LogP contribution in [0.5, 0.6) is 0 Å². The van der Waals surface area contributed by atoms with E-state index in [4.69, 9.17) is 12.2 Å². The van der Waals surface area contributed by atoms with Crippen molar-refractivity contribution in [3.8, 4) is 0 Å². The van der Waals surface area contributed by atoms with Gasteiger partial charge in [-0.05, 0) is 18.3 Å². The number of aromatic nitrogens is 5. The lowest BCUT2D eigenvalue weighted by molar-refractivity contribution is 0.509. The Bertz CT molecular complexity index is 494. The van der Waals surface area contributed by atoms with Gasteiger partial charge in [-0.3, -0.25) is 9.78 Å². The normalized spacial score (nSPS) is 11.2. The van der Waals surface area contributed by atoms with Gasteiger partial charge in [-0.1, -0.05) is 13.8 Å². The van der Waals surface area contributed by atoms with Crippen LogP contribution in [0.2, 0.25) is 0 Å². The average Bonchev–Trinajstić information content (AvgIpc) is 2.84. The van der Waals surface area contributed by atoms with Gasteiger partial charge >= 0.3 is 0 Å². The Kier molecular flexibility index (Phi) is 3.19. The van der Waals surface area contributed by atoms with Crippen molar-refractivity contribution < 1.29 is 0 Å². The van der Waals surface area contributed by atoms with Crippen LogP contribution in [0.25, 0.3) is 0 Å². The molecule has 0 spiro atoms. The summed E-state index contributed by atoms with van der Waals surface area (Å²) in [5.74, 6) is 1.36. The summed E-state index contributed by atoms with van der Waals surface area (Å²) in [6.07, 6.45) is 3.72. The second kappa shape index (κ2) is 4.61. The van der Waals surface area contributed by atoms with Gasteiger partial charge in [-0.2, -0.15) is 10.2 Å². The van der Waals surface area contributed by atoms with E-state index < -0.39 is 0 Å². The van der Waals surface area contributed by atoms with E-state index in [0.717, 1.165) is 18.9 Å². The number of rotatable bonds is 4. The van der Waals surface area contributed by atoms with E-state index in [-0.39, 0.29) is 0 Å². The highest BCUT2D eigenvalue weighted by Gasteiger charge is 2.09. The molecular weight excluding hydrogens is 222 g/mol. The first kappa shape index (κ1) is 11.1. The summed E-state index contributed by atoms with van der Waals surface area (Å²) in [6.45, 7) is 5.82. The fraction of sp³-hybridized carbons (Fsp3) is 0.500. The van der Waals surface area contributed by atoms with Gasteiger partial charge in [0.05, 0.1) is 6.54 Å². The number of hydrogen-bond acceptors (Lipinski definition) is 3. The van der Waals surface area contributed by atoms with Crippen LogP contribution in [0, 0.1) is 4.77 Å².